The maximum Gasteiger partial charge on any atom is 0.416 e. The molecule has 1 heterocycles. The number of hydrogen-bond acceptors (Lipinski definition) is 2. The topological polar surface area (TPSA) is 34.9 Å². The second-order valence-electron chi connectivity index (χ2n) is 5.57. The largest absolute Gasteiger partial charge is 0.416 e. The summed E-state index contributed by atoms with van der Waals surface area (Å²) in [4.78, 5) is 11.0. The molecule has 1 aromatic heterocycles. The second kappa shape index (κ2) is 6.15. The summed E-state index contributed by atoms with van der Waals surface area (Å²) < 4.78 is 79.1. The van der Waals surface area contributed by atoms with Crippen molar-refractivity contribution in [1.29, 1.82) is 0 Å². The molecule has 0 atom stereocenters. The van der Waals surface area contributed by atoms with Gasteiger partial charge in [0.2, 0.25) is 0 Å². The van der Waals surface area contributed by atoms with Gasteiger partial charge in [0.1, 0.15) is 0 Å². The average molecular weight is 372 g/mol. The van der Waals surface area contributed by atoms with E-state index >= 15 is 0 Å². The highest BCUT2D eigenvalue weighted by atomic mass is 19.4. The summed E-state index contributed by atoms with van der Waals surface area (Å²) in [5.41, 5.74) is -2.38. The number of rotatable bonds is 3. The molecule has 0 aliphatic heterocycles. The predicted octanol–water partition coefficient (Wildman–Crippen LogP) is 4.93. The second-order valence-corrected chi connectivity index (χ2v) is 5.57. The van der Waals surface area contributed by atoms with Crippen LogP contribution in [0.3, 0.4) is 0 Å². The van der Waals surface area contributed by atoms with Crippen LogP contribution in [0.2, 0.25) is 0 Å². The van der Waals surface area contributed by atoms with Gasteiger partial charge in [0, 0.05) is 10.9 Å². The van der Waals surface area contributed by atoms with Crippen molar-refractivity contribution in [3.8, 4) is 0 Å². The summed E-state index contributed by atoms with van der Waals surface area (Å²) in [6, 6.07) is 6.13. The number of nitrogens with zero attached hydrogens (tertiary/aromatic N) is 2. The van der Waals surface area contributed by atoms with Crippen LogP contribution in [0.15, 0.2) is 42.6 Å². The van der Waals surface area contributed by atoms with Gasteiger partial charge in [-0.2, -0.15) is 31.4 Å². The lowest BCUT2D eigenvalue weighted by Crippen LogP contribution is -2.15. The van der Waals surface area contributed by atoms with E-state index in [2.05, 4.69) is 5.10 Å². The van der Waals surface area contributed by atoms with E-state index in [1.54, 1.807) is 12.1 Å². The van der Waals surface area contributed by atoms with Gasteiger partial charge in [-0.25, -0.2) is 0 Å². The fourth-order valence-corrected chi connectivity index (χ4v) is 2.67. The van der Waals surface area contributed by atoms with Crippen molar-refractivity contribution in [3.05, 3.63) is 64.8 Å². The van der Waals surface area contributed by atoms with Crippen LogP contribution in [0.4, 0.5) is 26.3 Å². The Hall–Kier alpha value is -2.84. The molecule has 2 aromatic carbocycles. The number of carbonyl (C=O) groups excluding carboxylic acids is 1. The number of fused-ring (bicyclic) bond motifs is 1. The van der Waals surface area contributed by atoms with Crippen LogP contribution in [0, 0.1) is 0 Å². The summed E-state index contributed by atoms with van der Waals surface area (Å²) in [7, 11) is 0. The van der Waals surface area contributed by atoms with Gasteiger partial charge in [-0.1, -0.05) is 18.2 Å². The Morgan fingerprint density at radius 1 is 1.00 bits per heavy atom. The highest BCUT2D eigenvalue weighted by Gasteiger charge is 2.38. The normalized spacial score (nSPS) is 12.5. The van der Waals surface area contributed by atoms with E-state index in [4.69, 9.17) is 0 Å². The maximum absolute atomic E-state index is 13.2. The number of hydrogen-bond donors (Lipinski definition) is 0. The highest BCUT2D eigenvalue weighted by molar-refractivity contribution is 5.96. The molecule has 3 nitrogen and oxygen atoms in total. The van der Waals surface area contributed by atoms with Crippen LogP contribution in [0.5, 0.6) is 0 Å². The van der Waals surface area contributed by atoms with Crippen molar-refractivity contribution in [2.75, 3.05) is 0 Å². The first-order valence-electron chi connectivity index (χ1n) is 7.28. The third-order valence-electron chi connectivity index (χ3n) is 3.91. The van der Waals surface area contributed by atoms with Gasteiger partial charge in [0.25, 0.3) is 0 Å². The SMILES string of the molecule is O=Cc1cccc2c1cnn2Cc1ccc(C(F)(F)F)cc1C(F)(F)F. The molecule has 0 aliphatic carbocycles. The molecular weight excluding hydrogens is 362 g/mol. The summed E-state index contributed by atoms with van der Waals surface area (Å²) in [5, 5.41) is 4.41. The number of alkyl halides is 6. The molecule has 0 radical (unpaired) electrons. The minimum absolute atomic E-state index is 0.0951. The molecule has 0 bridgehead atoms. The Balaban J connectivity index is 2.09. The van der Waals surface area contributed by atoms with Gasteiger partial charge < -0.3 is 0 Å². The Morgan fingerprint density at radius 2 is 1.73 bits per heavy atom. The lowest BCUT2D eigenvalue weighted by Gasteiger charge is -2.16. The van der Waals surface area contributed by atoms with Gasteiger partial charge in [0.05, 0.1) is 29.4 Å². The summed E-state index contributed by atoms with van der Waals surface area (Å²) in [6.45, 7) is -0.390. The zero-order valence-electron chi connectivity index (χ0n) is 12.9. The van der Waals surface area contributed by atoms with Crippen LogP contribution < -0.4 is 0 Å². The van der Waals surface area contributed by atoms with E-state index in [-0.39, 0.29) is 11.6 Å². The molecule has 0 saturated carbocycles. The third-order valence-corrected chi connectivity index (χ3v) is 3.91. The maximum atomic E-state index is 13.2. The van der Waals surface area contributed by atoms with Crippen molar-refractivity contribution in [3.63, 3.8) is 0 Å². The first kappa shape index (κ1) is 18.0. The molecule has 0 saturated heterocycles. The zero-order valence-corrected chi connectivity index (χ0v) is 12.9. The molecule has 0 spiro atoms. The number of benzene rings is 2. The third kappa shape index (κ3) is 3.29. The van der Waals surface area contributed by atoms with E-state index in [0.717, 1.165) is 6.07 Å². The Labute approximate surface area is 142 Å². The molecule has 0 unspecified atom stereocenters. The molecular formula is C17H10F6N2O. The van der Waals surface area contributed by atoms with Crippen molar-refractivity contribution < 1.29 is 31.1 Å². The summed E-state index contributed by atoms with van der Waals surface area (Å²) >= 11 is 0. The number of aromatic nitrogens is 2. The summed E-state index contributed by atoms with van der Waals surface area (Å²) in [5.74, 6) is 0. The van der Waals surface area contributed by atoms with E-state index in [1.165, 1.54) is 16.9 Å². The van der Waals surface area contributed by atoms with Gasteiger partial charge in [0.15, 0.2) is 6.29 Å². The van der Waals surface area contributed by atoms with Gasteiger partial charge >= 0.3 is 12.4 Å². The van der Waals surface area contributed by atoms with Crippen LogP contribution >= 0.6 is 0 Å². The first-order chi connectivity index (χ1) is 12.1. The lowest BCUT2D eigenvalue weighted by atomic mass is 10.0. The van der Waals surface area contributed by atoms with E-state index in [0.29, 0.717) is 28.8 Å². The molecule has 3 rings (SSSR count). The van der Waals surface area contributed by atoms with Crippen molar-refractivity contribution >= 4 is 17.2 Å². The Kier molecular flexibility index (Phi) is 4.25. The van der Waals surface area contributed by atoms with Crippen LogP contribution in [-0.2, 0) is 18.9 Å². The minimum atomic E-state index is -4.95. The molecule has 136 valence electrons. The monoisotopic (exact) mass is 372 g/mol. The number of halogens is 6. The van der Waals surface area contributed by atoms with Gasteiger partial charge in [-0.05, 0) is 23.8 Å². The van der Waals surface area contributed by atoms with Gasteiger partial charge in [-0.3, -0.25) is 9.48 Å². The lowest BCUT2D eigenvalue weighted by molar-refractivity contribution is -0.143. The molecule has 0 fully saturated rings. The predicted molar refractivity (Wildman–Crippen MR) is 80.7 cm³/mol. The van der Waals surface area contributed by atoms with Crippen LogP contribution in [0.25, 0.3) is 10.9 Å². The molecule has 3 aromatic rings. The fraction of sp³-hybridized carbons (Fsp3) is 0.176. The molecule has 0 aliphatic rings. The molecule has 0 N–H and O–H groups in total. The van der Waals surface area contributed by atoms with E-state index < -0.39 is 30.0 Å². The highest BCUT2D eigenvalue weighted by Crippen LogP contribution is 2.37. The van der Waals surface area contributed by atoms with Crippen molar-refractivity contribution in [1.82, 2.24) is 9.78 Å². The zero-order chi connectivity index (χ0) is 19.1. The molecule has 26 heavy (non-hydrogen) atoms. The quantitative estimate of drug-likeness (QED) is 0.482. The first-order valence-corrected chi connectivity index (χ1v) is 7.28. The molecule has 0 amide bonds. The standard InChI is InChI=1S/C17H10F6N2O/c18-16(19,20)12-5-4-10(14(6-12)17(21,22)23)8-25-15-3-1-2-11(9-26)13(15)7-24-25/h1-7,9H,8H2. The van der Waals surface area contributed by atoms with E-state index in [1.807, 2.05) is 0 Å². The Morgan fingerprint density at radius 3 is 2.35 bits per heavy atom. The van der Waals surface area contributed by atoms with Crippen molar-refractivity contribution in [2.24, 2.45) is 0 Å². The number of aldehydes is 1. The van der Waals surface area contributed by atoms with Crippen LogP contribution in [-0.4, -0.2) is 16.1 Å². The van der Waals surface area contributed by atoms with Crippen LogP contribution in [0.1, 0.15) is 27.0 Å². The minimum Gasteiger partial charge on any atom is -0.298 e. The van der Waals surface area contributed by atoms with Gasteiger partial charge in [-0.15, -0.1) is 0 Å². The molecule has 9 heteroatoms. The average Bonchev–Trinajstić information content (AvgIpc) is 2.96. The smallest absolute Gasteiger partial charge is 0.298 e. The van der Waals surface area contributed by atoms with Crippen molar-refractivity contribution in [2.45, 2.75) is 18.9 Å². The fourth-order valence-electron chi connectivity index (χ4n) is 2.67. The number of carbonyl (C=O) groups is 1. The summed E-state index contributed by atoms with van der Waals surface area (Å²) in [6.07, 6.45) is -7.91. The Bertz CT molecular complexity index is 972. The van der Waals surface area contributed by atoms with E-state index in [9.17, 15) is 31.1 Å².